The summed E-state index contributed by atoms with van der Waals surface area (Å²) in [7, 11) is 1.47. The van der Waals surface area contributed by atoms with Crippen molar-refractivity contribution in [1.82, 2.24) is 0 Å². The number of halogens is 1. The maximum atomic E-state index is 11.0. The summed E-state index contributed by atoms with van der Waals surface area (Å²) in [4.78, 5) is 10.5. The van der Waals surface area contributed by atoms with Crippen molar-refractivity contribution in [3.05, 3.63) is 27.8 Å². The molecule has 0 N–H and O–H groups in total. The summed E-state index contributed by atoms with van der Waals surface area (Å²) in [6.45, 7) is 4.51. The molecule has 0 fully saturated rings. The molecule has 20 heavy (non-hydrogen) atoms. The Morgan fingerprint density at radius 2 is 2.00 bits per heavy atom. The van der Waals surface area contributed by atoms with Crippen LogP contribution in [0.3, 0.4) is 0 Å². The van der Waals surface area contributed by atoms with Gasteiger partial charge in [-0.25, -0.2) is 0 Å². The zero-order chi connectivity index (χ0) is 15.1. The highest BCUT2D eigenvalue weighted by Crippen LogP contribution is 2.35. The highest BCUT2D eigenvalue weighted by Gasteiger charge is 2.19. The number of nitrogens with zero attached hydrogens (tertiary/aromatic N) is 1. The van der Waals surface area contributed by atoms with Gasteiger partial charge in [0.1, 0.15) is 6.61 Å². The lowest BCUT2D eigenvalue weighted by Gasteiger charge is -2.13. The number of hydrogen-bond acceptors (Lipinski definition) is 5. The Bertz CT molecular complexity index is 464. The van der Waals surface area contributed by atoms with E-state index in [2.05, 4.69) is 0 Å². The van der Waals surface area contributed by atoms with Gasteiger partial charge in [-0.05, 0) is 19.9 Å². The Hall–Kier alpha value is -1.53. The number of hydrogen-bond donors (Lipinski definition) is 0. The normalized spacial score (nSPS) is 10.7. The second-order valence-electron chi connectivity index (χ2n) is 4.29. The van der Waals surface area contributed by atoms with Crippen LogP contribution in [0.25, 0.3) is 0 Å². The molecule has 1 aromatic carbocycles. The van der Waals surface area contributed by atoms with E-state index in [0.29, 0.717) is 23.7 Å². The van der Waals surface area contributed by atoms with E-state index < -0.39 is 4.92 Å². The summed E-state index contributed by atoms with van der Waals surface area (Å²) < 4.78 is 16.0. The molecule has 1 aromatic rings. The van der Waals surface area contributed by atoms with Crippen molar-refractivity contribution in [2.45, 2.75) is 25.8 Å². The van der Waals surface area contributed by atoms with Gasteiger partial charge in [0.05, 0.1) is 36.7 Å². The number of alkyl halides is 1. The molecular formula is C13H18ClNO5. The molecule has 0 atom stereocenters. The third-order valence-corrected chi connectivity index (χ3v) is 2.79. The lowest BCUT2D eigenvalue weighted by Crippen LogP contribution is -2.12. The molecule has 0 spiro atoms. The number of benzene rings is 1. The van der Waals surface area contributed by atoms with E-state index in [0.717, 1.165) is 0 Å². The summed E-state index contributed by atoms with van der Waals surface area (Å²) in [6, 6.07) is 2.84. The van der Waals surface area contributed by atoms with Crippen molar-refractivity contribution >= 4 is 17.3 Å². The van der Waals surface area contributed by atoms with Gasteiger partial charge in [0, 0.05) is 5.56 Å². The molecule has 0 amide bonds. The molecule has 112 valence electrons. The molecule has 0 heterocycles. The van der Waals surface area contributed by atoms with Gasteiger partial charge >= 0.3 is 0 Å². The van der Waals surface area contributed by atoms with Crippen LogP contribution in [0.1, 0.15) is 19.4 Å². The number of nitro benzene ring substituents is 1. The van der Waals surface area contributed by atoms with Crippen LogP contribution in [0, 0.1) is 10.1 Å². The smallest absolute Gasteiger partial charge is 0.277 e. The van der Waals surface area contributed by atoms with Gasteiger partial charge in [-0.2, -0.15) is 0 Å². The van der Waals surface area contributed by atoms with Crippen LogP contribution < -0.4 is 9.47 Å². The molecule has 0 unspecified atom stereocenters. The Labute approximate surface area is 122 Å². The quantitative estimate of drug-likeness (QED) is 0.319. The molecule has 0 aromatic heterocycles. The number of rotatable bonds is 8. The molecule has 0 radical (unpaired) electrons. The average molecular weight is 304 g/mol. The van der Waals surface area contributed by atoms with Crippen molar-refractivity contribution in [2.75, 3.05) is 20.3 Å². The molecule has 7 heteroatoms. The topological polar surface area (TPSA) is 70.8 Å². The Morgan fingerprint density at radius 1 is 1.30 bits per heavy atom. The van der Waals surface area contributed by atoms with Crippen LogP contribution in [-0.2, 0) is 10.6 Å². The molecule has 0 aliphatic heterocycles. The standard InChI is InChI=1S/C13H18ClNO5/c1-9(2)19-4-5-20-13-7-11(15(16)17)10(8-14)6-12(13)18-3/h6-7,9H,4-5,8H2,1-3H3. The van der Waals surface area contributed by atoms with E-state index in [1.165, 1.54) is 19.2 Å². The molecule has 0 saturated heterocycles. The van der Waals surface area contributed by atoms with Crippen molar-refractivity contribution in [2.24, 2.45) is 0 Å². The van der Waals surface area contributed by atoms with E-state index in [-0.39, 0.29) is 24.3 Å². The lowest BCUT2D eigenvalue weighted by atomic mass is 10.2. The third-order valence-electron chi connectivity index (χ3n) is 2.50. The van der Waals surface area contributed by atoms with Crippen molar-refractivity contribution in [1.29, 1.82) is 0 Å². The molecule has 0 bridgehead atoms. The van der Waals surface area contributed by atoms with Crippen LogP contribution in [-0.4, -0.2) is 31.4 Å². The summed E-state index contributed by atoms with van der Waals surface area (Å²) in [5.74, 6) is 0.750. The van der Waals surface area contributed by atoms with E-state index >= 15 is 0 Å². The molecule has 6 nitrogen and oxygen atoms in total. The van der Waals surface area contributed by atoms with Gasteiger partial charge in [-0.3, -0.25) is 10.1 Å². The average Bonchev–Trinajstić information content (AvgIpc) is 2.42. The maximum Gasteiger partial charge on any atom is 0.277 e. The first-order chi connectivity index (χ1) is 9.49. The first-order valence-corrected chi connectivity index (χ1v) is 6.68. The summed E-state index contributed by atoms with van der Waals surface area (Å²) in [5, 5.41) is 11.0. The predicted molar refractivity (Wildman–Crippen MR) is 75.8 cm³/mol. The second kappa shape index (κ2) is 7.91. The van der Waals surface area contributed by atoms with Crippen LogP contribution in [0.15, 0.2) is 12.1 Å². The number of methoxy groups -OCH3 is 1. The van der Waals surface area contributed by atoms with E-state index in [9.17, 15) is 10.1 Å². The highest BCUT2D eigenvalue weighted by atomic mass is 35.5. The lowest BCUT2D eigenvalue weighted by molar-refractivity contribution is -0.385. The highest BCUT2D eigenvalue weighted by molar-refractivity contribution is 6.17. The summed E-state index contributed by atoms with van der Waals surface area (Å²) >= 11 is 5.70. The van der Waals surface area contributed by atoms with Gasteiger partial charge in [-0.15, -0.1) is 11.6 Å². The van der Waals surface area contributed by atoms with Crippen molar-refractivity contribution in [3.8, 4) is 11.5 Å². The van der Waals surface area contributed by atoms with Gasteiger partial charge in [-0.1, -0.05) is 0 Å². The fourth-order valence-electron chi connectivity index (χ4n) is 1.58. The predicted octanol–water partition coefficient (Wildman–Crippen LogP) is 3.15. The minimum Gasteiger partial charge on any atom is -0.493 e. The molecule has 0 aliphatic carbocycles. The summed E-state index contributed by atoms with van der Waals surface area (Å²) in [5.41, 5.74) is 0.305. The molecule has 0 aliphatic rings. The zero-order valence-electron chi connectivity index (χ0n) is 11.7. The molecule has 1 rings (SSSR count). The van der Waals surface area contributed by atoms with Crippen LogP contribution in [0.2, 0.25) is 0 Å². The van der Waals surface area contributed by atoms with E-state index in [4.69, 9.17) is 25.8 Å². The zero-order valence-corrected chi connectivity index (χ0v) is 12.5. The van der Waals surface area contributed by atoms with E-state index in [1.807, 2.05) is 13.8 Å². The van der Waals surface area contributed by atoms with Crippen molar-refractivity contribution < 1.29 is 19.1 Å². The Balaban J connectivity index is 2.88. The fraction of sp³-hybridized carbons (Fsp3) is 0.538. The van der Waals surface area contributed by atoms with Gasteiger partial charge in [0.15, 0.2) is 11.5 Å². The first-order valence-electron chi connectivity index (χ1n) is 6.15. The minimum atomic E-state index is -0.491. The van der Waals surface area contributed by atoms with Gasteiger partial charge in [0.25, 0.3) is 5.69 Å². The maximum absolute atomic E-state index is 11.0. The molecule has 0 saturated carbocycles. The largest absolute Gasteiger partial charge is 0.493 e. The van der Waals surface area contributed by atoms with Crippen LogP contribution >= 0.6 is 11.6 Å². The Morgan fingerprint density at radius 3 is 2.50 bits per heavy atom. The number of nitro groups is 1. The van der Waals surface area contributed by atoms with Gasteiger partial charge in [0.2, 0.25) is 0 Å². The SMILES string of the molecule is COc1cc(CCl)c([N+](=O)[O-])cc1OCCOC(C)C. The monoisotopic (exact) mass is 303 g/mol. The minimum absolute atomic E-state index is 0.0312. The third kappa shape index (κ3) is 4.54. The van der Waals surface area contributed by atoms with E-state index in [1.54, 1.807) is 0 Å². The molecular weight excluding hydrogens is 286 g/mol. The Kier molecular flexibility index (Phi) is 6.54. The fourth-order valence-corrected chi connectivity index (χ4v) is 1.79. The summed E-state index contributed by atoms with van der Waals surface area (Å²) in [6.07, 6.45) is 0.105. The first kappa shape index (κ1) is 16.5. The van der Waals surface area contributed by atoms with Crippen LogP contribution in [0.4, 0.5) is 5.69 Å². The number of ether oxygens (including phenoxy) is 3. The second-order valence-corrected chi connectivity index (χ2v) is 4.56. The van der Waals surface area contributed by atoms with Crippen molar-refractivity contribution in [3.63, 3.8) is 0 Å². The van der Waals surface area contributed by atoms with Crippen LogP contribution in [0.5, 0.6) is 11.5 Å². The van der Waals surface area contributed by atoms with Gasteiger partial charge < -0.3 is 14.2 Å².